The lowest BCUT2D eigenvalue weighted by atomic mass is 10.1. The van der Waals surface area contributed by atoms with Gasteiger partial charge in [0.05, 0.1) is 0 Å². The van der Waals surface area contributed by atoms with Crippen LogP contribution in [0.3, 0.4) is 0 Å². The summed E-state index contributed by atoms with van der Waals surface area (Å²) in [5.41, 5.74) is 0. The average Bonchev–Trinajstić information content (AvgIpc) is 2.66. The number of urea groups is 1. The van der Waals surface area contributed by atoms with E-state index in [-0.39, 0.29) is 18.5 Å². The van der Waals surface area contributed by atoms with Crippen LogP contribution in [-0.2, 0) is 4.79 Å². The molecule has 2 N–H and O–H groups in total. The van der Waals surface area contributed by atoms with Crippen molar-refractivity contribution >= 4 is 12.0 Å². The molecule has 0 radical (unpaired) electrons. The third kappa shape index (κ3) is 6.26. The van der Waals surface area contributed by atoms with E-state index in [1.54, 1.807) is 0 Å². The Labute approximate surface area is 121 Å². The Morgan fingerprint density at radius 1 is 1.25 bits per heavy atom. The number of carbonyl (C=O) groups excluding carboxylic acids is 1. The fourth-order valence-corrected chi connectivity index (χ4v) is 2.76. The maximum Gasteiger partial charge on any atom is 0.317 e. The lowest BCUT2D eigenvalue weighted by molar-refractivity contribution is -0.137. The minimum atomic E-state index is -0.779. The van der Waals surface area contributed by atoms with Crippen molar-refractivity contribution in [3.8, 4) is 0 Å². The van der Waals surface area contributed by atoms with Crippen LogP contribution in [0.25, 0.3) is 0 Å². The van der Waals surface area contributed by atoms with E-state index in [1.807, 2.05) is 18.9 Å². The maximum absolute atomic E-state index is 12.2. The molecular weight excluding hydrogens is 256 g/mol. The standard InChI is InChI=1S/C15H28N2O3/c1-12(8-7-11-14(18)19)16-15(20)17(2)13-9-5-3-4-6-10-13/h12-13H,3-11H2,1-2H3,(H,16,20)(H,18,19). The molecule has 0 heterocycles. The molecule has 1 aliphatic carbocycles. The van der Waals surface area contributed by atoms with Crippen LogP contribution in [0.1, 0.15) is 64.7 Å². The van der Waals surface area contributed by atoms with Crippen molar-refractivity contribution in [2.75, 3.05) is 7.05 Å². The van der Waals surface area contributed by atoms with Crippen molar-refractivity contribution in [1.29, 1.82) is 0 Å². The molecule has 0 aromatic rings. The van der Waals surface area contributed by atoms with Gasteiger partial charge in [0.2, 0.25) is 0 Å². The number of hydrogen-bond donors (Lipinski definition) is 2. The van der Waals surface area contributed by atoms with E-state index in [0.717, 1.165) is 12.8 Å². The molecule has 5 nitrogen and oxygen atoms in total. The van der Waals surface area contributed by atoms with Gasteiger partial charge in [-0.05, 0) is 32.6 Å². The Balaban J connectivity index is 2.30. The average molecular weight is 284 g/mol. The van der Waals surface area contributed by atoms with Crippen LogP contribution in [0.15, 0.2) is 0 Å². The summed E-state index contributed by atoms with van der Waals surface area (Å²) in [5.74, 6) is -0.779. The SMILES string of the molecule is CC(CCCC(=O)O)NC(=O)N(C)C1CCCCCC1. The number of amides is 2. The minimum Gasteiger partial charge on any atom is -0.481 e. The first-order chi connectivity index (χ1) is 9.50. The van der Waals surface area contributed by atoms with Crippen LogP contribution in [0.2, 0.25) is 0 Å². The normalized spacial score (nSPS) is 18.1. The summed E-state index contributed by atoms with van der Waals surface area (Å²) >= 11 is 0. The molecular formula is C15H28N2O3. The zero-order valence-corrected chi connectivity index (χ0v) is 12.7. The molecule has 0 aromatic heterocycles. The van der Waals surface area contributed by atoms with Crippen molar-refractivity contribution in [1.82, 2.24) is 10.2 Å². The predicted molar refractivity (Wildman–Crippen MR) is 78.7 cm³/mol. The van der Waals surface area contributed by atoms with Crippen LogP contribution < -0.4 is 5.32 Å². The smallest absolute Gasteiger partial charge is 0.317 e. The summed E-state index contributed by atoms with van der Waals surface area (Å²) in [6.07, 6.45) is 8.62. The fourth-order valence-electron chi connectivity index (χ4n) is 2.76. The van der Waals surface area contributed by atoms with Crippen LogP contribution >= 0.6 is 0 Å². The molecule has 0 aliphatic heterocycles. The van der Waals surface area contributed by atoms with Crippen LogP contribution in [-0.4, -0.2) is 41.1 Å². The number of carboxylic acid groups (broad SMARTS) is 1. The van der Waals surface area contributed by atoms with Gasteiger partial charge in [-0.2, -0.15) is 0 Å². The molecule has 0 spiro atoms. The van der Waals surface area contributed by atoms with E-state index in [4.69, 9.17) is 5.11 Å². The molecule has 1 atom stereocenters. The summed E-state index contributed by atoms with van der Waals surface area (Å²) in [7, 11) is 1.87. The van der Waals surface area contributed by atoms with Gasteiger partial charge in [0.1, 0.15) is 0 Å². The molecule has 0 bridgehead atoms. The monoisotopic (exact) mass is 284 g/mol. The van der Waals surface area contributed by atoms with Gasteiger partial charge in [-0.3, -0.25) is 4.79 Å². The zero-order chi connectivity index (χ0) is 15.0. The first-order valence-electron chi connectivity index (χ1n) is 7.76. The third-order valence-electron chi connectivity index (χ3n) is 4.09. The molecule has 0 aromatic carbocycles. The second-order valence-corrected chi connectivity index (χ2v) is 5.89. The zero-order valence-electron chi connectivity index (χ0n) is 12.7. The van der Waals surface area contributed by atoms with Gasteiger partial charge in [0.25, 0.3) is 0 Å². The van der Waals surface area contributed by atoms with Gasteiger partial charge >= 0.3 is 12.0 Å². The molecule has 5 heteroatoms. The lowest BCUT2D eigenvalue weighted by Crippen LogP contribution is -2.46. The van der Waals surface area contributed by atoms with Gasteiger partial charge in [-0.25, -0.2) is 4.79 Å². The van der Waals surface area contributed by atoms with Crippen molar-refractivity contribution in [2.45, 2.75) is 76.8 Å². The van der Waals surface area contributed by atoms with Crippen molar-refractivity contribution in [3.05, 3.63) is 0 Å². The quantitative estimate of drug-likeness (QED) is 0.737. The van der Waals surface area contributed by atoms with E-state index in [9.17, 15) is 9.59 Å². The number of aliphatic carboxylic acids is 1. The van der Waals surface area contributed by atoms with Crippen LogP contribution in [0.5, 0.6) is 0 Å². The van der Waals surface area contributed by atoms with E-state index in [0.29, 0.717) is 18.9 Å². The van der Waals surface area contributed by atoms with Gasteiger partial charge in [-0.15, -0.1) is 0 Å². The Morgan fingerprint density at radius 2 is 1.85 bits per heavy atom. The summed E-state index contributed by atoms with van der Waals surface area (Å²) in [6, 6.07) is 0.346. The number of nitrogens with zero attached hydrogens (tertiary/aromatic N) is 1. The van der Waals surface area contributed by atoms with Crippen molar-refractivity contribution in [2.24, 2.45) is 0 Å². The number of carboxylic acids is 1. The number of carbonyl (C=O) groups is 2. The Morgan fingerprint density at radius 3 is 2.40 bits per heavy atom. The summed E-state index contributed by atoms with van der Waals surface area (Å²) in [6.45, 7) is 1.93. The van der Waals surface area contributed by atoms with Crippen LogP contribution in [0.4, 0.5) is 4.79 Å². The largest absolute Gasteiger partial charge is 0.481 e. The maximum atomic E-state index is 12.2. The van der Waals surface area contributed by atoms with E-state index >= 15 is 0 Å². The second-order valence-electron chi connectivity index (χ2n) is 5.89. The molecule has 2 amide bonds. The molecule has 116 valence electrons. The van der Waals surface area contributed by atoms with E-state index < -0.39 is 5.97 Å². The van der Waals surface area contributed by atoms with Gasteiger partial charge < -0.3 is 15.3 Å². The van der Waals surface area contributed by atoms with Crippen LogP contribution in [0, 0.1) is 0 Å². The fraction of sp³-hybridized carbons (Fsp3) is 0.867. The van der Waals surface area contributed by atoms with Gasteiger partial charge in [0.15, 0.2) is 0 Å². The highest BCUT2D eigenvalue weighted by atomic mass is 16.4. The Hall–Kier alpha value is -1.26. The highest BCUT2D eigenvalue weighted by Crippen LogP contribution is 2.21. The lowest BCUT2D eigenvalue weighted by Gasteiger charge is -2.28. The first kappa shape index (κ1) is 16.8. The third-order valence-corrected chi connectivity index (χ3v) is 4.09. The molecule has 0 saturated heterocycles. The number of rotatable bonds is 6. The molecule has 1 rings (SSSR count). The highest BCUT2D eigenvalue weighted by molar-refractivity contribution is 5.74. The molecule has 1 saturated carbocycles. The molecule has 1 fully saturated rings. The van der Waals surface area contributed by atoms with Gasteiger partial charge in [-0.1, -0.05) is 25.7 Å². The Kier molecular flexibility index (Phi) is 7.41. The summed E-state index contributed by atoms with van der Waals surface area (Å²) in [4.78, 5) is 24.4. The predicted octanol–water partition coefficient (Wildman–Crippen LogP) is 2.99. The van der Waals surface area contributed by atoms with Crippen molar-refractivity contribution < 1.29 is 14.7 Å². The van der Waals surface area contributed by atoms with E-state index in [2.05, 4.69) is 5.32 Å². The first-order valence-corrected chi connectivity index (χ1v) is 7.76. The summed E-state index contributed by atoms with van der Waals surface area (Å²) in [5, 5.41) is 11.6. The minimum absolute atomic E-state index is 0.0232. The Bertz CT molecular complexity index is 312. The second kappa shape index (κ2) is 8.82. The molecule has 1 unspecified atom stereocenters. The molecule has 20 heavy (non-hydrogen) atoms. The number of nitrogens with one attached hydrogen (secondary N) is 1. The van der Waals surface area contributed by atoms with Gasteiger partial charge in [0, 0.05) is 25.6 Å². The van der Waals surface area contributed by atoms with Crippen molar-refractivity contribution in [3.63, 3.8) is 0 Å². The van der Waals surface area contributed by atoms with E-state index in [1.165, 1.54) is 25.7 Å². The summed E-state index contributed by atoms with van der Waals surface area (Å²) < 4.78 is 0. The molecule has 1 aliphatic rings. The topological polar surface area (TPSA) is 69.6 Å². The highest BCUT2D eigenvalue weighted by Gasteiger charge is 2.21. The number of hydrogen-bond acceptors (Lipinski definition) is 2.